The highest BCUT2D eigenvalue weighted by Gasteiger charge is 2.35. The Labute approximate surface area is 723 Å². The lowest BCUT2D eigenvalue weighted by molar-refractivity contribution is -0.0468. The minimum absolute atomic E-state index is 0. The highest BCUT2D eigenvalue weighted by Crippen LogP contribution is 2.33. The molecule has 11 aliphatic rings. The van der Waals surface area contributed by atoms with Crippen LogP contribution in [0.2, 0.25) is 0 Å². The van der Waals surface area contributed by atoms with Crippen LogP contribution in [0.25, 0.3) is 0 Å². The molecule has 0 aromatic rings. The van der Waals surface area contributed by atoms with E-state index in [1.54, 1.807) is 0 Å². The minimum atomic E-state index is 0. The van der Waals surface area contributed by atoms with E-state index in [0.717, 1.165) is 161 Å². The Balaban J connectivity index is -0.000000224. The van der Waals surface area contributed by atoms with Crippen LogP contribution in [0.3, 0.4) is 0 Å². The first-order chi connectivity index (χ1) is 49.8. The van der Waals surface area contributed by atoms with Crippen molar-refractivity contribution in [3.8, 4) is 0 Å². The summed E-state index contributed by atoms with van der Waals surface area (Å²) >= 11 is 0. The zero-order chi connectivity index (χ0) is 77.8. The molecule has 4 aliphatic carbocycles. The highest BCUT2D eigenvalue weighted by atomic mass is 16.5. The fraction of sp³-hybridized carbons (Fsp3) is 1.00. The lowest BCUT2D eigenvalue weighted by Crippen LogP contribution is -2.51. The Morgan fingerprint density at radius 1 is 0.289 bits per heavy atom. The molecule has 11 rings (SSSR count). The van der Waals surface area contributed by atoms with Crippen molar-refractivity contribution in [2.45, 2.75) is 473 Å². The topological polar surface area (TPSA) is 83.6 Å². The fourth-order valence-electron chi connectivity index (χ4n) is 17.8. The molecular formula is C102H224N6O6. The molecule has 9 atom stereocenters. The molecule has 0 aromatic heterocycles. The summed E-state index contributed by atoms with van der Waals surface area (Å²) < 4.78 is 34.1. The van der Waals surface area contributed by atoms with E-state index in [1.165, 1.54) is 213 Å². The fourth-order valence-corrected chi connectivity index (χ4v) is 17.8. The molecule has 0 aromatic carbocycles. The molecule has 7 aliphatic heterocycles. The van der Waals surface area contributed by atoms with Gasteiger partial charge in [-0.15, -0.1) is 0 Å². The van der Waals surface area contributed by atoms with Crippen LogP contribution < -0.4 is 5.32 Å². The molecule has 1 N–H and O–H groups in total. The Morgan fingerprint density at radius 2 is 0.605 bits per heavy atom. The maximum atomic E-state index is 5.76. The van der Waals surface area contributed by atoms with E-state index in [0.29, 0.717) is 54.7 Å². The lowest BCUT2D eigenvalue weighted by atomic mass is 9.84. The van der Waals surface area contributed by atoms with Gasteiger partial charge in [-0.2, -0.15) is 0 Å². The Bertz CT molecular complexity index is 1790. The first-order valence-corrected chi connectivity index (χ1v) is 45.9. The quantitative estimate of drug-likeness (QED) is 0.112. The van der Waals surface area contributed by atoms with E-state index in [-0.39, 0.29) is 66.8 Å². The number of morpholine rings is 5. The molecule has 0 bridgehead atoms. The largest absolute Gasteiger partial charge is 0.381 e. The first kappa shape index (κ1) is 127. The van der Waals surface area contributed by atoms with E-state index in [1.807, 2.05) is 0 Å². The standard InChI is InChI=1S/2C11H21NO.2C11H23NO.C10H21NO.C10H21N.2C10H20.C9H18O.9CH4/c2*1-9(2)7-11-8-12(5-6-13-11)10-3-4-10;2*1-9(2)7-11-8-12(10(3)4)5-6-13-11;1-7(2)5-10-9(4)11-8(3)6-12-10;1-9(2)7-10-5-4-6-11(3)8-10;2*1-9(2)8-10-6-4-3-5-7-10;1-8(2)6-9-4-3-5-10-7-9;;;;;;;;;/h2*9-11H,3-8H2,1-2H3;2*9-11H,5-8H2,1-4H3;7-11H,5-6H2,1-4H3;9-10H,4-8H2,1-3H3;2*9-10H,3-8H2,1-2H3;8-9H,3-7H2,1-2H3;9*1H4/t4*11-;8?,9?,10-;;;;9-;;;;;;;;;/m10100...0........./s1. The van der Waals surface area contributed by atoms with Crippen molar-refractivity contribution in [1.82, 2.24) is 29.8 Å². The van der Waals surface area contributed by atoms with E-state index >= 15 is 0 Å². The Morgan fingerprint density at radius 3 is 0.912 bits per heavy atom. The smallest absolute Gasteiger partial charge is 0.0728 e. The molecule has 698 valence electrons. The van der Waals surface area contributed by atoms with E-state index in [9.17, 15) is 0 Å². The molecule has 7 saturated heterocycles. The van der Waals surface area contributed by atoms with Gasteiger partial charge in [0.1, 0.15) is 0 Å². The summed E-state index contributed by atoms with van der Waals surface area (Å²) in [5, 5.41) is 3.51. The summed E-state index contributed by atoms with van der Waals surface area (Å²) in [4.78, 5) is 12.7. The van der Waals surface area contributed by atoms with E-state index in [2.05, 4.69) is 203 Å². The number of ether oxygens (including phenoxy) is 6. The number of nitrogens with one attached hydrogen (secondary N) is 1. The summed E-state index contributed by atoms with van der Waals surface area (Å²) in [6.07, 6.45) is 40.4. The van der Waals surface area contributed by atoms with Gasteiger partial charge in [-0.3, -0.25) is 19.6 Å². The average molecular weight is 1630 g/mol. The predicted molar refractivity (Wildman–Crippen MR) is 516 cm³/mol. The van der Waals surface area contributed by atoms with Gasteiger partial charge in [0.25, 0.3) is 0 Å². The van der Waals surface area contributed by atoms with Crippen LogP contribution in [-0.4, -0.2) is 210 Å². The van der Waals surface area contributed by atoms with Crippen molar-refractivity contribution >= 4 is 0 Å². The van der Waals surface area contributed by atoms with Gasteiger partial charge in [-0.25, -0.2) is 0 Å². The summed E-state index contributed by atoms with van der Waals surface area (Å²) in [6.45, 7) is 73.1. The van der Waals surface area contributed by atoms with Gasteiger partial charge in [0, 0.05) is 108 Å². The van der Waals surface area contributed by atoms with Gasteiger partial charge in [-0.1, -0.05) is 256 Å². The molecular weight excluding hydrogens is 1410 g/mol. The third kappa shape index (κ3) is 65.2. The normalized spacial score (nSPS) is 25.8. The van der Waals surface area contributed by atoms with Crippen molar-refractivity contribution in [3.63, 3.8) is 0 Å². The third-order valence-electron chi connectivity index (χ3n) is 23.2. The molecule has 0 spiro atoms. The van der Waals surface area contributed by atoms with Crippen LogP contribution >= 0.6 is 0 Å². The molecule has 0 amide bonds. The maximum absolute atomic E-state index is 5.76. The zero-order valence-corrected chi connectivity index (χ0v) is 75.2. The molecule has 114 heavy (non-hydrogen) atoms. The number of hydrogen-bond acceptors (Lipinski definition) is 12. The Kier molecular flexibility index (Phi) is 82.2. The van der Waals surface area contributed by atoms with Gasteiger partial charge in [-0.05, 0) is 241 Å². The third-order valence-corrected chi connectivity index (χ3v) is 23.2. The van der Waals surface area contributed by atoms with Crippen LogP contribution in [-0.2, 0) is 28.4 Å². The molecule has 0 radical (unpaired) electrons. The van der Waals surface area contributed by atoms with Crippen LogP contribution in [0.5, 0.6) is 0 Å². The lowest BCUT2D eigenvalue weighted by Gasteiger charge is -2.36. The van der Waals surface area contributed by atoms with Crippen LogP contribution in [0.15, 0.2) is 0 Å². The summed E-state index contributed by atoms with van der Waals surface area (Å²) in [6, 6.07) is 4.19. The predicted octanol–water partition coefficient (Wildman–Crippen LogP) is 27.7. The molecule has 12 heteroatoms. The van der Waals surface area contributed by atoms with Gasteiger partial charge >= 0.3 is 0 Å². The molecule has 12 nitrogen and oxygen atoms in total. The van der Waals surface area contributed by atoms with Gasteiger partial charge in [0.2, 0.25) is 0 Å². The molecule has 11 fully saturated rings. The van der Waals surface area contributed by atoms with Crippen molar-refractivity contribution in [3.05, 3.63) is 0 Å². The summed E-state index contributed by atoms with van der Waals surface area (Å²) in [5.41, 5.74) is 0. The second-order valence-electron chi connectivity index (χ2n) is 39.9. The average Bonchev–Trinajstić information content (AvgIpc) is 1.64. The summed E-state index contributed by atoms with van der Waals surface area (Å²) in [5.74, 6) is 11.3. The van der Waals surface area contributed by atoms with E-state index in [4.69, 9.17) is 28.4 Å². The SMILES string of the molecule is C.C.C.C.C.C.C.C.C.CC(C)CC1CCCCC1.CC(C)CC1CCCCC1.CC(C)CC1CCCN(C)C1.CC(C)C[C@@H]1CCCOC1.CC(C)C[C@@H]1CN(C(C)C)CCO1.CC(C)C[C@@H]1CN(C2CC2)CCO1.CC(C)C[C@@H]1OCC(C)NC1C.CC(C)C[C@H]1CN(C(C)C)CCO1.CC(C)C[C@H]1CN(C2CC2)CCO1. The van der Waals surface area contributed by atoms with Gasteiger partial charge in [0.15, 0.2) is 0 Å². The molecule has 4 saturated carbocycles. The Hall–Kier alpha value is -0.480. The van der Waals surface area contributed by atoms with E-state index < -0.39 is 0 Å². The second kappa shape index (κ2) is 74.0. The zero-order valence-electron chi connectivity index (χ0n) is 75.2. The van der Waals surface area contributed by atoms with Gasteiger partial charge < -0.3 is 38.6 Å². The van der Waals surface area contributed by atoms with Crippen LogP contribution in [0, 0.1) is 76.9 Å². The van der Waals surface area contributed by atoms with Crippen LogP contribution in [0.4, 0.5) is 0 Å². The minimum Gasteiger partial charge on any atom is -0.381 e. The van der Waals surface area contributed by atoms with Crippen LogP contribution in [0.1, 0.15) is 406 Å². The number of hydrogen-bond donors (Lipinski definition) is 1. The van der Waals surface area contributed by atoms with Gasteiger partial charge in [0.05, 0.1) is 63.6 Å². The van der Waals surface area contributed by atoms with Crippen molar-refractivity contribution < 1.29 is 28.4 Å². The molecule has 3 unspecified atom stereocenters. The van der Waals surface area contributed by atoms with Crippen molar-refractivity contribution in [2.24, 2.45) is 76.9 Å². The number of nitrogens with zero attached hydrogens (tertiary/aromatic N) is 5. The maximum Gasteiger partial charge on any atom is 0.0728 e. The highest BCUT2D eigenvalue weighted by molar-refractivity contribution is 4.89. The summed E-state index contributed by atoms with van der Waals surface area (Å²) in [7, 11) is 2.24. The first-order valence-electron chi connectivity index (χ1n) is 45.9. The van der Waals surface area contributed by atoms with Crippen molar-refractivity contribution in [1.29, 1.82) is 0 Å². The number of rotatable bonds is 22. The molecule has 7 heterocycles. The van der Waals surface area contributed by atoms with Crippen molar-refractivity contribution in [2.75, 3.05) is 119 Å². The number of likely N-dealkylation sites (tertiary alicyclic amines) is 1. The second-order valence-corrected chi connectivity index (χ2v) is 39.9. The monoisotopic (exact) mass is 1630 g/mol. The number of piperidine rings is 1.